The van der Waals surface area contributed by atoms with Gasteiger partial charge < -0.3 is 15.2 Å². The van der Waals surface area contributed by atoms with Crippen molar-refractivity contribution in [3.8, 4) is 5.75 Å². The molecule has 1 aromatic rings. The molecule has 1 aromatic carbocycles. The highest BCUT2D eigenvalue weighted by Crippen LogP contribution is 2.46. The van der Waals surface area contributed by atoms with Crippen LogP contribution in [-0.4, -0.2) is 59.3 Å². The highest BCUT2D eigenvalue weighted by atomic mass is 19.1. The number of hydrogen-bond donors (Lipinski definition) is 3. The second-order valence-corrected chi connectivity index (χ2v) is 10.0. The minimum Gasteiger partial charge on any atom is -0.497 e. The molecule has 2 heterocycles. The standard InChI is InChI=1S/C24H32FN3O4/c1-32-17-5-6-18-16(13-17)7-9-23(21(29)26-22(30)27-23)10-11-24(31)8-2-12-28(14-15-3-4-15)20(24)19(18)25/h5-6,13,15,19-20,31H,2-4,7-12,14H2,1H3,(H2,26,27,29,30)/t19-,20-,23-,24-/m1/s1. The minimum atomic E-state index is -1.35. The molecule has 3 amide bonds. The quantitative estimate of drug-likeness (QED) is 0.623. The first-order valence-corrected chi connectivity index (χ1v) is 11.7. The Kier molecular flexibility index (Phi) is 5.40. The van der Waals surface area contributed by atoms with Crippen LogP contribution in [0.25, 0.3) is 0 Å². The Labute approximate surface area is 187 Å². The number of nitrogens with one attached hydrogen (secondary N) is 2. The van der Waals surface area contributed by atoms with Crippen LogP contribution in [0, 0.1) is 5.92 Å². The van der Waals surface area contributed by atoms with Crippen molar-refractivity contribution < 1.29 is 23.8 Å². The van der Waals surface area contributed by atoms with E-state index in [2.05, 4.69) is 15.5 Å². The number of aliphatic hydroxyl groups is 1. The summed E-state index contributed by atoms with van der Waals surface area (Å²) in [4.78, 5) is 27.0. The van der Waals surface area contributed by atoms with E-state index in [1.54, 1.807) is 19.2 Å². The number of carbonyl (C=O) groups is 2. The fourth-order valence-electron chi connectivity index (χ4n) is 5.93. The molecule has 3 N–H and O–H groups in total. The van der Waals surface area contributed by atoms with Gasteiger partial charge in [-0.3, -0.25) is 15.0 Å². The maximum Gasteiger partial charge on any atom is 0.322 e. The second-order valence-electron chi connectivity index (χ2n) is 10.0. The number of piperidine rings is 1. The van der Waals surface area contributed by atoms with E-state index in [4.69, 9.17) is 4.74 Å². The minimum absolute atomic E-state index is 0.262. The third kappa shape index (κ3) is 3.77. The van der Waals surface area contributed by atoms with Crippen LogP contribution in [0.1, 0.15) is 62.2 Å². The Morgan fingerprint density at radius 3 is 2.72 bits per heavy atom. The molecule has 0 radical (unpaired) electrons. The van der Waals surface area contributed by atoms with Crippen molar-refractivity contribution in [2.45, 2.75) is 74.7 Å². The maximum absolute atomic E-state index is 16.4. The molecule has 2 aliphatic carbocycles. The number of likely N-dealkylation sites (tertiary alicyclic amines) is 1. The number of aryl methyl sites for hydroxylation is 1. The monoisotopic (exact) mass is 445 g/mol. The average Bonchev–Trinajstić information content (AvgIpc) is 3.53. The van der Waals surface area contributed by atoms with Crippen molar-refractivity contribution in [2.75, 3.05) is 20.2 Å². The smallest absolute Gasteiger partial charge is 0.322 e. The topological polar surface area (TPSA) is 90.9 Å². The number of carbonyl (C=O) groups excluding carboxylic acids is 2. The van der Waals surface area contributed by atoms with Gasteiger partial charge in [-0.25, -0.2) is 9.18 Å². The van der Waals surface area contributed by atoms with Crippen LogP contribution >= 0.6 is 0 Å². The van der Waals surface area contributed by atoms with Gasteiger partial charge in [-0.15, -0.1) is 0 Å². The summed E-state index contributed by atoms with van der Waals surface area (Å²) < 4.78 is 21.8. The molecule has 1 saturated carbocycles. The van der Waals surface area contributed by atoms with Crippen LogP contribution in [-0.2, 0) is 11.2 Å². The molecule has 4 atom stereocenters. The van der Waals surface area contributed by atoms with Gasteiger partial charge in [-0.1, -0.05) is 6.07 Å². The molecule has 0 unspecified atom stereocenters. The Morgan fingerprint density at radius 1 is 1.22 bits per heavy atom. The Balaban J connectivity index is 1.58. The lowest BCUT2D eigenvalue weighted by molar-refractivity contribution is -0.129. The Bertz CT molecular complexity index is 923. The number of rotatable bonds is 3. The van der Waals surface area contributed by atoms with E-state index in [9.17, 15) is 14.7 Å². The first-order chi connectivity index (χ1) is 15.3. The van der Waals surface area contributed by atoms with E-state index >= 15 is 4.39 Å². The van der Waals surface area contributed by atoms with Gasteiger partial charge in [0.25, 0.3) is 5.91 Å². The fourth-order valence-corrected chi connectivity index (χ4v) is 5.93. The zero-order valence-electron chi connectivity index (χ0n) is 18.5. The number of benzene rings is 1. The van der Waals surface area contributed by atoms with Crippen molar-refractivity contribution in [3.63, 3.8) is 0 Å². The SMILES string of the molecule is COc1ccc2c(c1)CC[C@]1(CC[C@]3(O)CCCN(CC4CC4)[C@@H]3[C@@H]2F)NC(=O)NC1=O. The molecule has 7 nitrogen and oxygen atoms in total. The molecule has 1 spiro atoms. The van der Waals surface area contributed by atoms with Gasteiger partial charge in [0.15, 0.2) is 0 Å². The van der Waals surface area contributed by atoms with E-state index in [1.807, 2.05) is 6.07 Å². The molecule has 8 heteroatoms. The third-order valence-electron chi connectivity index (χ3n) is 7.93. The highest BCUT2D eigenvalue weighted by molar-refractivity contribution is 6.07. The highest BCUT2D eigenvalue weighted by Gasteiger charge is 2.53. The first-order valence-electron chi connectivity index (χ1n) is 11.7. The molecular weight excluding hydrogens is 413 g/mol. The van der Waals surface area contributed by atoms with E-state index in [-0.39, 0.29) is 18.7 Å². The predicted molar refractivity (Wildman–Crippen MR) is 116 cm³/mol. The van der Waals surface area contributed by atoms with Crippen LogP contribution in [0.15, 0.2) is 18.2 Å². The summed E-state index contributed by atoms with van der Waals surface area (Å²) in [6.07, 6.45) is 3.53. The average molecular weight is 446 g/mol. The summed E-state index contributed by atoms with van der Waals surface area (Å²) in [5, 5.41) is 17.0. The normalized spacial score (nSPS) is 35.6. The summed E-state index contributed by atoms with van der Waals surface area (Å²) in [6.45, 7) is 1.55. The Morgan fingerprint density at radius 2 is 2.03 bits per heavy atom. The van der Waals surface area contributed by atoms with Crippen LogP contribution < -0.4 is 15.4 Å². The molecule has 2 saturated heterocycles. The zero-order chi connectivity index (χ0) is 22.5. The molecule has 0 bridgehead atoms. The predicted octanol–water partition coefficient (Wildman–Crippen LogP) is 2.62. The molecule has 3 fully saturated rings. The van der Waals surface area contributed by atoms with Gasteiger partial charge in [0.1, 0.15) is 17.5 Å². The number of halogens is 1. The van der Waals surface area contributed by atoms with Gasteiger partial charge in [0, 0.05) is 6.54 Å². The summed E-state index contributed by atoms with van der Waals surface area (Å²) in [6, 6.07) is 4.14. The van der Waals surface area contributed by atoms with Gasteiger partial charge in [0.05, 0.1) is 18.8 Å². The number of urea groups is 1. The van der Waals surface area contributed by atoms with Crippen molar-refractivity contribution in [2.24, 2.45) is 5.92 Å². The number of ether oxygens (including phenoxy) is 1. The number of amides is 3. The first kappa shape index (κ1) is 21.6. The molecule has 2 aliphatic heterocycles. The number of alkyl halides is 1. The second kappa shape index (κ2) is 7.99. The molecule has 0 aromatic heterocycles. The van der Waals surface area contributed by atoms with Gasteiger partial charge in [0.2, 0.25) is 0 Å². The molecule has 4 aliphatic rings. The maximum atomic E-state index is 16.4. The summed E-state index contributed by atoms with van der Waals surface area (Å²) in [7, 11) is 1.57. The number of methoxy groups -OCH3 is 1. The van der Waals surface area contributed by atoms with Gasteiger partial charge in [-0.2, -0.15) is 0 Å². The van der Waals surface area contributed by atoms with Crippen molar-refractivity contribution in [1.29, 1.82) is 0 Å². The number of fused-ring (bicyclic) bond motifs is 2. The summed E-state index contributed by atoms with van der Waals surface area (Å²) in [5.74, 6) is 0.826. The van der Waals surface area contributed by atoms with Crippen molar-refractivity contribution in [1.82, 2.24) is 15.5 Å². The van der Waals surface area contributed by atoms with E-state index < -0.39 is 29.4 Å². The van der Waals surface area contributed by atoms with Gasteiger partial charge >= 0.3 is 6.03 Å². The lowest BCUT2D eigenvalue weighted by Gasteiger charge is -2.50. The van der Waals surface area contributed by atoms with E-state index in [0.717, 1.165) is 37.9 Å². The van der Waals surface area contributed by atoms with Crippen LogP contribution in [0.4, 0.5) is 9.18 Å². The molecule has 5 rings (SSSR count). The van der Waals surface area contributed by atoms with Gasteiger partial charge in [-0.05, 0) is 87.1 Å². The van der Waals surface area contributed by atoms with Crippen LogP contribution in [0.5, 0.6) is 5.75 Å². The zero-order valence-corrected chi connectivity index (χ0v) is 18.5. The lowest BCUT2D eigenvalue weighted by Crippen LogP contribution is -2.60. The number of hydrogen-bond acceptors (Lipinski definition) is 5. The molecular formula is C24H32FN3O4. The van der Waals surface area contributed by atoms with Crippen molar-refractivity contribution in [3.05, 3.63) is 29.3 Å². The third-order valence-corrected chi connectivity index (χ3v) is 7.93. The largest absolute Gasteiger partial charge is 0.497 e. The number of imide groups is 1. The van der Waals surface area contributed by atoms with E-state index in [0.29, 0.717) is 36.5 Å². The fraction of sp³-hybridized carbons (Fsp3) is 0.667. The summed E-state index contributed by atoms with van der Waals surface area (Å²) in [5.41, 5.74) is -1.08. The van der Waals surface area contributed by atoms with Crippen LogP contribution in [0.3, 0.4) is 0 Å². The van der Waals surface area contributed by atoms with Crippen LogP contribution in [0.2, 0.25) is 0 Å². The Hall–Kier alpha value is -2.19. The lowest BCUT2D eigenvalue weighted by atomic mass is 9.72. The molecule has 174 valence electrons. The summed E-state index contributed by atoms with van der Waals surface area (Å²) >= 11 is 0. The van der Waals surface area contributed by atoms with Crippen molar-refractivity contribution >= 4 is 11.9 Å². The number of nitrogens with zero attached hydrogens (tertiary/aromatic N) is 1. The molecule has 32 heavy (non-hydrogen) atoms. The van der Waals surface area contributed by atoms with E-state index in [1.165, 1.54) is 0 Å².